The second kappa shape index (κ2) is 8.31. The third-order valence-electron chi connectivity index (χ3n) is 6.06. The van der Waals surface area contributed by atoms with Crippen molar-refractivity contribution in [2.75, 3.05) is 24.5 Å². The highest BCUT2D eigenvalue weighted by atomic mass is 16.5. The fraction of sp³-hybridized carbons (Fsp3) is 0.478. The first-order valence-corrected chi connectivity index (χ1v) is 10.4. The van der Waals surface area contributed by atoms with Crippen LogP contribution in [-0.4, -0.2) is 41.5 Å². The SMILES string of the molecule is CCC(C)N1CCc2ccc(Oc3ccc(N4CCCC4=O)cn3)cc2CC1. The van der Waals surface area contributed by atoms with Gasteiger partial charge in [-0.3, -0.25) is 4.79 Å². The Morgan fingerprint density at radius 2 is 1.89 bits per heavy atom. The molecular weight excluding hydrogens is 350 g/mol. The average Bonchev–Trinajstić information content (AvgIpc) is 3.03. The normalized spacial score (nSPS) is 18.6. The summed E-state index contributed by atoms with van der Waals surface area (Å²) in [6, 6.07) is 10.8. The summed E-state index contributed by atoms with van der Waals surface area (Å²) in [5.41, 5.74) is 3.65. The van der Waals surface area contributed by atoms with E-state index >= 15 is 0 Å². The molecule has 0 aliphatic carbocycles. The first-order valence-electron chi connectivity index (χ1n) is 10.4. The van der Waals surface area contributed by atoms with Crippen LogP contribution >= 0.6 is 0 Å². The minimum Gasteiger partial charge on any atom is -0.439 e. The summed E-state index contributed by atoms with van der Waals surface area (Å²) in [6.45, 7) is 7.57. The maximum absolute atomic E-state index is 11.9. The van der Waals surface area contributed by atoms with E-state index in [4.69, 9.17) is 4.74 Å². The van der Waals surface area contributed by atoms with Gasteiger partial charge < -0.3 is 14.5 Å². The number of carbonyl (C=O) groups excluding carboxylic acids is 1. The molecule has 1 aromatic carbocycles. The lowest BCUT2D eigenvalue weighted by Gasteiger charge is -2.26. The van der Waals surface area contributed by atoms with Crippen molar-refractivity contribution < 1.29 is 9.53 Å². The minimum absolute atomic E-state index is 0.174. The smallest absolute Gasteiger partial charge is 0.227 e. The summed E-state index contributed by atoms with van der Waals surface area (Å²) in [7, 11) is 0. The second-order valence-corrected chi connectivity index (χ2v) is 7.83. The van der Waals surface area contributed by atoms with Crippen LogP contribution in [0.2, 0.25) is 0 Å². The lowest BCUT2D eigenvalue weighted by Crippen LogP contribution is -2.34. The molecule has 0 radical (unpaired) electrons. The molecule has 0 saturated carbocycles. The molecule has 1 amide bonds. The fourth-order valence-corrected chi connectivity index (χ4v) is 4.12. The Morgan fingerprint density at radius 1 is 1.07 bits per heavy atom. The van der Waals surface area contributed by atoms with Crippen LogP contribution in [0, 0.1) is 0 Å². The number of ether oxygens (including phenoxy) is 1. The second-order valence-electron chi connectivity index (χ2n) is 7.83. The molecule has 1 saturated heterocycles. The van der Waals surface area contributed by atoms with E-state index in [0.29, 0.717) is 18.3 Å². The number of rotatable bonds is 5. The largest absolute Gasteiger partial charge is 0.439 e. The molecule has 0 spiro atoms. The zero-order valence-corrected chi connectivity index (χ0v) is 16.9. The Hall–Kier alpha value is -2.40. The van der Waals surface area contributed by atoms with Crippen LogP contribution in [0.1, 0.15) is 44.2 Å². The van der Waals surface area contributed by atoms with Crippen molar-refractivity contribution in [3.8, 4) is 11.6 Å². The van der Waals surface area contributed by atoms with Crippen molar-refractivity contribution in [3.05, 3.63) is 47.7 Å². The third kappa shape index (κ3) is 4.04. The Morgan fingerprint density at radius 3 is 2.57 bits per heavy atom. The molecule has 0 N–H and O–H groups in total. The third-order valence-corrected chi connectivity index (χ3v) is 6.06. The summed E-state index contributed by atoms with van der Waals surface area (Å²) in [5, 5.41) is 0. The number of pyridine rings is 1. The van der Waals surface area contributed by atoms with Crippen LogP contribution in [0.15, 0.2) is 36.5 Å². The molecule has 4 rings (SSSR count). The van der Waals surface area contributed by atoms with Gasteiger partial charge in [-0.05, 0) is 61.9 Å². The lowest BCUT2D eigenvalue weighted by molar-refractivity contribution is -0.117. The quantitative estimate of drug-likeness (QED) is 0.781. The van der Waals surface area contributed by atoms with Gasteiger partial charge in [0.2, 0.25) is 11.8 Å². The van der Waals surface area contributed by atoms with E-state index in [-0.39, 0.29) is 5.91 Å². The molecule has 1 atom stereocenters. The predicted octanol–water partition coefficient (Wildman–Crippen LogP) is 4.20. The van der Waals surface area contributed by atoms with E-state index in [1.165, 1.54) is 17.5 Å². The number of anilines is 1. The highest BCUT2D eigenvalue weighted by Crippen LogP contribution is 2.27. The molecule has 0 bridgehead atoms. The Kier molecular flexibility index (Phi) is 5.62. The Bertz CT molecular complexity index is 834. The van der Waals surface area contributed by atoms with Crippen molar-refractivity contribution in [1.29, 1.82) is 0 Å². The molecule has 148 valence electrons. The van der Waals surface area contributed by atoms with Gasteiger partial charge in [-0.15, -0.1) is 0 Å². The van der Waals surface area contributed by atoms with Gasteiger partial charge in [0, 0.05) is 38.2 Å². The van der Waals surface area contributed by atoms with E-state index in [0.717, 1.165) is 50.3 Å². The fourth-order valence-electron chi connectivity index (χ4n) is 4.12. The topological polar surface area (TPSA) is 45.7 Å². The van der Waals surface area contributed by atoms with Crippen molar-refractivity contribution in [2.24, 2.45) is 0 Å². The van der Waals surface area contributed by atoms with E-state index in [1.54, 1.807) is 11.1 Å². The maximum Gasteiger partial charge on any atom is 0.227 e. The summed E-state index contributed by atoms with van der Waals surface area (Å²) in [6.07, 6.45) is 6.61. The van der Waals surface area contributed by atoms with Gasteiger partial charge in [-0.25, -0.2) is 4.98 Å². The molecule has 2 aromatic rings. The van der Waals surface area contributed by atoms with Crippen molar-refractivity contribution in [3.63, 3.8) is 0 Å². The number of carbonyl (C=O) groups is 1. The monoisotopic (exact) mass is 379 g/mol. The summed E-state index contributed by atoms with van der Waals surface area (Å²) < 4.78 is 6.00. The van der Waals surface area contributed by atoms with Crippen molar-refractivity contribution in [1.82, 2.24) is 9.88 Å². The van der Waals surface area contributed by atoms with Gasteiger partial charge in [-0.1, -0.05) is 13.0 Å². The minimum atomic E-state index is 0.174. The van der Waals surface area contributed by atoms with Gasteiger partial charge in [-0.2, -0.15) is 0 Å². The van der Waals surface area contributed by atoms with Crippen LogP contribution in [0.25, 0.3) is 0 Å². The number of amides is 1. The van der Waals surface area contributed by atoms with Crippen molar-refractivity contribution >= 4 is 11.6 Å². The molecule has 28 heavy (non-hydrogen) atoms. The highest BCUT2D eigenvalue weighted by molar-refractivity contribution is 5.95. The van der Waals surface area contributed by atoms with Crippen LogP contribution in [-0.2, 0) is 17.6 Å². The van der Waals surface area contributed by atoms with E-state index < -0.39 is 0 Å². The molecule has 5 nitrogen and oxygen atoms in total. The number of fused-ring (bicyclic) bond motifs is 1. The van der Waals surface area contributed by atoms with E-state index in [9.17, 15) is 4.79 Å². The molecule has 3 heterocycles. The van der Waals surface area contributed by atoms with Gasteiger partial charge in [0.05, 0.1) is 11.9 Å². The Balaban J connectivity index is 1.44. The van der Waals surface area contributed by atoms with E-state index in [2.05, 4.69) is 35.9 Å². The first-order chi connectivity index (χ1) is 13.6. The molecular formula is C23H29N3O2. The van der Waals surface area contributed by atoms with E-state index in [1.807, 2.05) is 18.2 Å². The average molecular weight is 380 g/mol. The van der Waals surface area contributed by atoms with Gasteiger partial charge in [0.1, 0.15) is 5.75 Å². The molecule has 1 unspecified atom stereocenters. The zero-order valence-electron chi connectivity index (χ0n) is 16.9. The lowest BCUT2D eigenvalue weighted by atomic mass is 10.0. The zero-order chi connectivity index (χ0) is 19.5. The summed E-state index contributed by atoms with van der Waals surface area (Å²) in [4.78, 5) is 20.6. The van der Waals surface area contributed by atoms with Gasteiger partial charge in [0.25, 0.3) is 0 Å². The maximum atomic E-state index is 11.9. The standard InChI is InChI=1S/C23H29N3O2/c1-3-17(2)25-13-10-18-6-8-21(15-19(18)11-14-25)28-22-9-7-20(16-24-22)26-12-4-5-23(26)27/h6-9,15-17H,3-5,10-14H2,1-2H3. The molecule has 2 aliphatic rings. The highest BCUT2D eigenvalue weighted by Gasteiger charge is 2.22. The molecule has 5 heteroatoms. The van der Waals surface area contributed by atoms with Crippen LogP contribution < -0.4 is 9.64 Å². The molecule has 1 fully saturated rings. The Labute approximate surface area is 167 Å². The van der Waals surface area contributed by atoms with Crippen LogP contribution in [0.5, 0.6) is 11.6 Å². The van der Waals surface area contributed by atoms with Crippen LogP contribution in [0.4, 0.5) is 5.69 Å². The van der Waals surface area contributed by atoms with Crippen LogP contribution in [0.3, 0.4) is 0 Å². The first kappa shape index (κ1) is 18.9. The van der Waals surface area contributed by atoms with Gasteiger partial charge in [0.15, 0.2) is 0 Å². The van der Waals surface area contributed by atoms with Crippen molar-refractivity contribution in [2.45, 2.75) is 52.0 Å². The molecule has 2 aliphatic heterocycles. The number of benzene rings is 1. The predicted molar refractivity (Wildman–Crippen MR) is 111 cm³/mol. The van der Waals surface area contributed by atoms with Gasteiger partial charge >= 0.3 is 0 Å². The number of hydrogen-bond acceptors (Lipinski definition) is 4. The summed E-state index contributed by atoms with van der Waals surface area (Å²) in [5.74, 6) is 1.56. The summed E-state index contributed by atoms with van der Waals surface area (Å²) >= 11 is 0. The number of aromatic nitrogens is 1. The number of nitrogens with zero attached hydrogens (tertiary/aromatic N) is 3. The number of hydrogen-bond donors (Lipinski definition) is 0. The molecule has 1 aromatic heterocycles.